The van der Waals surface area contributed by atoms with Crippen molar-refractivity contribution in [3.8, 4) is 0 Å². The molecule has 0 atom stereocenters. The Labute approximate surface area is 182 Å². The van der Waals surface area contributed by atoms with Gasteiger partial charge in [-0.2, -0.15) is 0 Å². The van der Waals surface area contributed by atoms with Crippen LogP contribution in [-0.2, 0) is 17.8 Å². The predicted octanol–water partition coefficient (Wildman–Crippen LogP) is 3.19. The van der Waals surface area contributed by atoms with Crippen LogP contribution in [0.4, 0.5) is 0 Å². The molecule has 1 N–H and O–H groups in total. The van der Waals surface area contributed by atoms with Crippen LogP contribution in [-0.4, -0.2) is 50.9 Å². The van der Waals surface area contributed by atoms with Gasteiger partial charge in [-0.15, -0.1) is 0 Å². The second kappa shape index (κ2) is 9.73. The van der Waals surface area contributed by atoms with E-state index in [2.05, 4.69) is 10.3 Å². The number of amides is 2. The molecule has 0 radical (unpaired) electrons. The van der Waals surface area contributed by atoms with E-state index >= 15 is 0 Å². The van der Waals surface area contributed by atoms with Gasteiger partial charge in [-0.05, 0) is 37.1 Å². The Morgan fingerprint density at radius 3 is 2.65 bits per heavy atom. The fourth-order valence-electron chi connectivity index (χ4n) is 4.29. The number of carbonyl (C=O) groups excluding carboxylic acids is 2. The first-order chi connectivity index (χ1) is 15.1. The Kier molecular flexibility index (Phi) is 6.60. The van der Waals surface area contributed by atoms with E-state index < -0.39 is 0 Å². The van der Waals surface area contributed by atoms with Gasteiger partial charge in [-0.3, -0.25) is 14.6 Å². The molecule has 4 rings (SSSR count). The van der Waals surface area contributed by atoms with Crippen molar-refractivity contribution in [3.63, 3.8) is 0 Å². The number of fused-ring (bicyclic) bond motifs is 1. The van der Waals surface area contributed by atoms with Crippen molar-refractivity contribution in [1.82, 2.24) is 24.8 Å². The molecule has 1 saturated carbocycles. The molecule has 0 unspecified atom stereocenters. The number of nitrogens with zero attached hydrogens (tertiary/aromatic N) is 4. The van der Waals surface area contributed by atoms with E-state index in [1.807, 2.05) is 40.8 Å². The van der Waals surface area contributed by atoms with Crippen LogP contribution < -0.4 is 5.32 Å². The molecule has 2 aromatic heterocycles. The molecule has 1 aromatic carbocycles. The minimum absolute atomic E-state index is 0.105. The highest BCUT2D eigenvalue weighted by Crippen LogP contribution is 2.23. The van der Waals surface area contributed by atoms with Crippen molar-refractivity contribution < 1.29 is 9.59 Å². The van der Waals surface area contributed by atoms with Crippen molar-refractivity contribution in [3.05, 3.63) is 60.2 Å². The first-order valence-corrected chi connectivity index (χ1v) is 11.0. The molecule has 2 amide bonds. The summed E-state index contributed by atoms with van der Waals surface area (Å²) in [4.78, 5) is 36.1. The first-order valence-electron chi connectivity index (χ1n) is 11.0. The highest BCUT2D eigenvalue weighted by Gasteiger charge is 2.23. The van der Waals surface area contributed by atoms with Gasteiger partial charge < -0.3 is 14.8 Å². The Morgan fingerprint density at radius 2 is 1.87 bits per heavy atom. The standard InChI is InChI=1S/C24H29N5O2/c1-28(18-9-3-2-4-10-18)23(30)17-29-21-13-6-5-11-19(21)27-22(29)14-16-26-24(31)20-12-7-8-15-25-20/h5-8,11-13,15,18H,2-4,9-10,14,16-17H2,1H3,(H,26,31). The van der Waals surface area contributed by atoms with Gasteiger partial charge in [-0.1, -0.05) is 37.5 Å². The number of para-hydroxylation sites is 2. The van der Waals surface area contributed by atoms with Gasteiger partial charge in [0.1, 0.15) is 18.1 Å². The number of carbonyl (C=O) groups is 2. The van der Waals surface area contributed by atoms with Gasteiger partial charge in [0.05, 0.1) is 11.0 Å². The Balaban J connectivity index is 1.46. The highest BCUT2D eigenvalue weighted by molar-refractivity contribution is 5.92. The summed E-state index contributed by atoms with van der Waals surface area (Å²) in [5.74, 6) is 0.693. The molecular formula is C24H29N5O2. The van der Waals surface area contributed by atoms with Crippen LogP contribution in [0.25, 0.3) is 11.0 Å². The zero-order valence-corrected chi connectivity index (χ0v) is 18.0. The van der Waals surface area contributed by atoms with Gasteiger partial charge >= 0.3 is 0 Å². The fourth-order valence-corrected chi connectivity index (χ4v) is 4.29. The zero-order chi connectivity index (χ0) is 21.6. The third-order valence-corrected chi connectivity index (χ3v) is 6.07. The molecule has 0 saturated heterocycles. The molecule has 0 aliphatic heterocycles. The normalized spacial score (nSPS) is 14.5. The number of rotatable bonds is 7. The number of hydrogen-bond acceptors (Lipinski definition) is 4. The lowest BCUT2D eigenvalue weighted by Crippen LogP contribution is -2.40. The Hall–Kier alpha value is -3.22. The van der Waals surface area contributed by atoms with Gasteiger partial charge in [0, 0.05) is 32.3 Å². The van der Waals surface area contributed by atoms with E-state index in [1.165, 1.54) is 19.3 Å². The van der Waals surface area contributed by atoms with Crippen LogP contribution in [0.2, 0.25) is 0 Å². The van der Waals surface area contributed by atoms with Crippen LogP contribution in [0.1, 0.15) is 48.4 Å². The summed E-state index contributed by atoms with van der Waals surface area (Å²) in [5, 5.41) is 2.90. The molecule has 1 aliphatic carbocycles. The lowest BCUT2D eigenvalue weighted by atomic mass is 9.94. The number of imidazole rings is 1. The monoisotopic (exact) mass is 419 g/mol. The minimum Gasteiger partial charge on any atom is -0.350 e. The quantitative estimate of drug-likeness (QED) is 0.638. The van der Waals surface area contributed by atoms with Crippen molar-refractivity contribution in [1.29, 1.82) is 0 Å². The molecule has 3 aromatic rings. The summed E-state index contributed by atoms with van der Waals surface area (Å²) in [5.41, 5.74) is 2.20. The smallest absolute Gasteiger partial charge is 0.269 e. The molecule has 31 heavy (non-hydrogen) atoms. The maximum absolute atomic E-state index is 13.1. The van der Waals surface area contributed by atoms with Crippen LogP contribution in [0.15, 0.2) is 48.7 Å². The molecular weight excluding hydrogens is 390 g/mol. The van der Waals surface area contributed by atoms with Gasteiger partial charge in [0.15, 0.2) is 0 Å². The average molecular weight is 420 g/mol. The SMILES string of the molecule is CN(C(=O)Cn1c(CCNC(=O)c2ccccn2)nc2ccccc21)C1CCCCC1. The molecule has 1 aliphatic rings. The summed E-state index contributed by atoms with van der Waals surface area (Å²) in [7, 11) is 1.92. The number of hydrogen-bond donors (Lipinski definition) is 1. The number of aromatic nitrogens is 3. The van der Waals surface area contributed by atoms with Crippen LogP contribution in [0, 0.1) is 0 Å². The molecule has 0 bridgehead atoms. The molecule has 162 valence electrons. The van der Waals surface area contributed by atoms with E-state index in [0.717, 1.165) is 29.7 Å². The largest absolute Gasteiger partial charge is 0.350 e. The van der Waals surface area contributed by atoms with Crippen molar-refractivity contribution in [2.24, 2.45) is 0 Å². The zero-order valence-electron chi connectivity index (χ0n) is 18.0. The van der Waals surface area contributed by atoms with Crippen molar-refractivity contribution in [2.75, 3.05) is 13.6 Å². The van der Waals surface area contributed by atoms with Crippen molar-refractivity contribution >= 4 is 22.8 Å². The van der Waals surface area contributed by atoms with Crippen LogP contribution in [0.5, 0.6) is 0 Å². The van der Waals surface area contributed by atoms with E-state index in [4.69, 9.17) is 4.98 Å². The lowest BCUT2D eigenvalue weighted by molar-refractivity contribution is -0.133. The van der Waals surface area contributed by atoms with Crippen molar-refractivity contribution in [2.45, 2.75) is 51.1 Å². The molecule has 0 spiro atoms. The minimum atomic E-state index is -0.212. The summed E-state index contributed by atoms with van der Waals surface area (Å²) in [6.45, 7) is 0.683. The maximum Gasteiger partial charge on any atom is 0.269 e. The molecule has 7 heteroatoms. The van der Waals surface area contributed by atoms with Gasteiger partial charge in [0.2, 0.25) is 5.91 Å². The maximum atomic E-state index is 13.1. The highest BCUT2D eigenvalue weighted by atomic mass is 16.2. The number of likely N-dealkylation sites (N-methyl/N-ethyl adjacent to an activating group) is 1. The summed E-state index contributed by atoms with van der Waals surface area (Å²) in [6.07, 6.45) is 7.95. The topological polar surface area (TPSA) is 80.1 Å². The van der Waals surface area contributed by atoms with E-state index in [1.54, 1.807) is 24.4 Å². The average Bonchev–Trinajstić information content (AvgIpc) is 3.16. The predicted molar refractivity (Wildman–Crippen MR) is 120 cm³/mol. The van der Waals surface area contributed by atoms with Crippen LogP contribution in [0.3, 0.4) is 0 Å². The van der Waals surface area contributed by atoms with Gasteiger partial charge in [0.25, 0.3) is 5.91 Å². The summed E-state index contributed by atoms with van der Waals surface area (Å²) < 4.78 is 1.99. The second-order valence-electron chi connectivity index (χ2n) is 8.12. The Bertz CT molecular complexity index is 1040. The summed E-state index contributed by atoms with van der Waals surface area (Å²) >= 11 is 0. The Morgan fingerprint density at radius 1 is 1.10 bits per heavy atom. The van der Waals surface area contributed by atoms with E-state index in [0.29, 0.717) is 24.7 Å². The first kappa shape index (κ1) is 21.0. The second-order valence-corrected chi connectivity index (χ2v) is 8.12. The molecule has 7 nitrogen and oxygen atoms in total. The molecule has 2 heterocycles. The third kappa shape index (κ3) is 4.93. The van der Waals surface area contributed by atoms with Crippen LogP contribution >= 0.6 is 0 Å². The fraction of sp³-hybridized carbons (Fsp3) is 0.417. The number of benzene rings is 1. The lowest BCUT2D eigenvalue weighted by Gasteiger charge is -2.31. The third-order valence-electron chi connectivity index (χ3n) is 6.07. The molecule has 1 fully saturated rings. The van der Waals surface area contributed by atoms with Gasteiger partial charge in [-0.25, -0.2) is 4.98 Å². The number of nitrogens with one attached hydrogen (secondary N) is 1. The van der Waals surface area contributed by atoms with E-state index in [-0.39, 0.29) is 18.4 Å². The number of pyridine rings is 1. The summed E-state index contributed by atoms with van der Waals surface area (Å²) in [6, 6.07) is 13.4. The van der Waals surface area contributed by atoms with E-state index in [9.17, 15) is 9.59 Å².